The second-order valence-electron chi connectivity index (χ2n) is 11.3. The molecule has 2 aliphatic rings. The van der Waals surface area contributed by atoms with Gasteiger partial charge in [-0.25, -0.2) is 0 Å². The lowest BCUT2D eigenvalue weighted by molar-refractivity contribution is -0.137. The summed E-state index contributed by atoms with van der Waals surface area (Å²) < 4.78 is 0. The third kappa shape index (κ3) is 5.93. The fourth-order valence-electron chi connectivity index (χ4n) is 5.89. The number of nitrogens with one attached hydrogen (secondary N) is 2. The van der Waals surface area contributed by atoms with Crippen LogP contribution in [0.2, 0.25) is 0 Å². The smallest absolute Gasteiger partial charge is 0.304 e. The zero-order valence-corrected chi connectivity index (χ0v) is 18.2. The average molecular weight is 368 g/mol. The number of hydrogen-bond acceptors (Lipinski definition) is 4. The van der Waals surface area contributed by atoms with Crippen molar-refractivity contribution in [1.29, 1.82) is 0 Å². The van der Waals surface area contributed by atoms with E-state index in [1.807, 2.05) is 0 Å². The van der Waals surface area contributed by atoms with E-state index in [-0.39, 0.29) is 28.6 Å². The summed E-state index contributed by atoms with van der Waals surface area (Å²) in [5, 5.41) is 16.8. The van der Waals surface area contributed by atoms with Crippen molar-refractivity contribution in [3.05, 3.63) is 0 Å². The zero-order chi connectivity index (χ0) is 20.0. The topological polar surface area (TPSA) is 64.6 Å². The third-order valence-corrected chi connectivity index (χ3v) is 5.86. The highest BCUT2D eigenvalue weighted by Gasteiger charge is 2.45. The summed E-state index contributed by atoms with van der Waals surface area (Å²) in [4.78, 5) is 13.9. The minimum atomic E-state index is -0.699. The molecule has 0 radical (unpaired) electrons. The standard InChI is InChI=1S/C21H41N3O2/c1-18(2)11-15(12-19(3,4)22-18)24(10-9-17(25)26)16-13-20(5,6)23-21(7,8)14-16/h15-16,22-23H,9-14H2,1-8H3,(H,25,26). The summed E-state index contributed by atoms with van der Waals surface area (Å²) in [5.41, 5.74) is 0.245. The molecule has 2 rings (SSSR count). The van der Waals surface area contributed by atoms with Gasteiger partial charge in [-0.05, 0) is 81.1 Å². The summed E-state index contributed by atoms with van der Waals surface area (Å²) in [7, 11) is 0. The Bertz CT molecular complexity index is 455. The van der Waals surface area contributed by atoms with Gasteiger partial charge in [0.25, 0.3) is 0 Å². The van der Waals surface area contributed by atoms with Gasteiger partial charge < -0.3 is 15.7 Å². The second-order valence-corrected chi connectivity index (χ2v) is 11.3. The van der Waals surface area contributed by atoms with E-state index in [0.717, 1.165) is 25.7 Å². The number of aliphatic carboxylic acids is 1. The van der Waals surface area contributed by atoms with E-state index in [1.54, 1.807) is 0 Å². The molecule has 3 N–H and O–H groups in total. The first-order chi connectivity index (χ1) is 11.6. The van der Waals surface area contributed by atoms with Crippen molar-refractivity contribution in [2.45, 2.75) is 122 Å². The monoisotopic (exact) mass is 367 g/mol. The number of rotatable bonds is 5. The molecule has 0 amide bonds. The van der Waals surface area contributed by atoms with Crippen LogP contribution in [-0.2, 0) is 4.79 Å². The fraction of sp³-hybridized carbons (Fsp3) is 0.952. The summed E-state index contributed by atoms with van der Waals surface area (Å²) >= 11 is 0. The van der Waals surface area contributed by atoms with E-state index in [0.29, 0.717) is 18.6 Å². The Kier molecular flexibility index (Phi) is 5.88. The van der Waals surface area contributed by atoms with Crippen LogP contribution < -0.4 is 10.6 Å². The van der Waals surface area contributed by atoms with Gasteiger partial charge in [-0.2, -0.15) is 0 Å². The first kappa shape index (κ1) is 21.6. The maximum absolute atomic E-state index is 11.3. The van der Waals surface area contributed by atoms with Crippen LogP contribution in [0.4, 0.5) is 0 Å². The Morgan fingerprint density at radius 1 is 0.808 bits per heavy atom. The molecule has 0 aromatic heterocycles. The summed E-state index contributed by atoms with van der Waals surface area (Å²) in [6.45, 7) is 18.8. The minimum Gasteiger partial charge on any atom is -0.481 e. The summed E-state index contributed by atoms with van der Waals surface area (Å²) in [6, 6.07) is 0.825. The predicted molar refractivity (Wildman–Crippen MR) is 108 cm³/mol. The van der Waals surface area contributed by atoms with Gasteiger partial charge in [0.05, 0.1) is 6.42 Å². The Hall–Kier alpha value is -0.650. The highest BCUT2D eigenvalue weighted by Crippen LogP contribution is 2.37. The lowest BCUT2D eigenvalue weighted by Gasteiger charge is -2.55. The lowest BCUT2D eigenvalue weighted by atomic mass is 9.75. The van der Waals surface area contributed by atoms with Crippen LogP contribution in [0, 0.1) is 0 Å². The number of piperidine rings is 2. The van der Waals surface area contributed by atoms with Crippen LogP contribution in [0.15, 0.2) is 0 Å². The quantitative estimate of drug-likeness (QED) is 0.695. The number of carbonyl (C=O) groups is 1. The van der Waals surface area contributed by atoms with Gasteiger partial charge in [0.1, 0.15) is 0 Å². The SMILES string of the molecule is CC1(C)CC(N(CCC(=O)O)C2CC(C)(C)NC(C)(C)C2)CC(C)(C)N1. The van der Waals surface area contributed by atoms with E-state index in [1.165, 1.54) is 0 Å². The molecule has 0 aromatic carbocycles. The van der Waals surface area contributed by atoms with Gasteiger partial charge in [0.15, 0.2) is 0 Å². The Morgan fingerprint density at radius 2 is 1.12 bits per heavy atom. The molecule has 0 aliphatic carbocycles. The van der Waals surface area contributed by atoms with E-state index in [4.69, 9.17) is 0 Å². The van der Waals surface area contributed by atoms with E-state index >= 15 is 0 Å². The predicted octanol–water partition coefficient (Wildman–Crippen LogP) is 3.38. The van der Waals surface area contributed by atoms with Gasteiger partial charge >= 0.3 is 5.97 Å². The zero-order valence-electron chi connectivity index (χ0n) is 18.2. The van der Waals surface area contributed by atoms with E-state index in [9.17, 15) is 9.90 Å². The first-order valence-corrected chi connectivity index (χ1v) is 10.2. The largest absolute Gasteiger partial charge is 0.481 e. The molecule has 152 valence electrons. The van der Waals surface area contributed by atoms with E-state index < -0.39 is 5.97 Å². The van der Waals surface area contributed by atoms with E-state index in [2.05, 4.69) is 70.9 Å². The van der Waals surface area contributed by atoms with Gasteiger partial charge in [0.2, 0.25) is 0 Å². The van der Waals surface area contributed by atoms with Crippen LogP contribution in [0.1, 0.15) is 87.5 Å². The van der Waals surface area contributed by atoms with Gasteiger partial charge in [-0.15, -0.1) is 0 Å². The molecule has 5 nitrogen and oxygen atoms in total. The van der Waals surface area contributed by atoms with Crippen molar-refractivity contribution in [1.82, 2.24) is 15.5 Å². The third-order valence-electron chi connectivity index (χ3n) is 5.86. The van der Waals surface area contributed by atoms with Crippen molar-refractivity contribution < 1.29 is 9.90 Å². The molecule has 0 atom stereocenters. The average Bonchev–Trinajstić information content (AvgIpc) is 2.30. The lowest BCUT2D eigenvalue weighted by Crippen LogP contribution is -2.67. The van der Waals surface area contributed by atoms with Crippen molar-refractivity contribution in [2.24, 2.45) is 0 Å². The Labute approximate surface area is 160 Å². The molecule has 0 unspecified atom stereocenters. The van der Waals surface area contributed by atoms with Crippen LogP contribution in [0.3, 0.4) is 0 Å². The summed E-state index contributed by atoms with van der Waals surface area (Å²) in [6.07, 6.45) is 4.44. The van der Waals surface area contributed by atoms with Crippen LogP contribution >= 0.6 is 0 Å². The van der Waals surface area contributed by atoms with Gasteiger partial charge in [-0.1, -0.05) is 0 Å². The van der Waals surface area contributed by atoms with Crippen LogP contribution in [-0.4, -0.2) is 56.8 Å². The molecule has 2 aliphatic heterocycles. The molecule has 2 saturated heterocycles. The molecule has 2 heterocycles. The number of carboxylic acid groups (broad SMARTS) is 1. The first-order valence-electron chi connectivity index (χ1n) is 10.2. The molecule has 0 bridgehead atoms. The molecule has 2 fully saturated rings. The molecule has 5 heteroatoms. The number of carboxylic acids is 1. The highest BCUT2D eigenvalue weighted by atomic mass is 16.4. The molecule has 0 spiro atoms. The molecule has 0 aromatic rings. The van der Waals surface area contributed by atoms with Gasteiger partial charge in [-0.3, -0.25) is 9.69 Å². The number of nitrogens with zero attached hydrogens (tertiary/aromatic N) is 1. The fourth-order valence-corrected chi connectivity index (χ4v) is 5.89. The van der Waals surface area contributed by atoms with Crippen LogP contribution in [0.25, 0.3) is 0 Å². The van der Waals surface area contributed by atoms with Gasteiger partial charge in [0, 0.05) is 40.8 Å². The maximum Gasteiger partial charge on any atom is 0.304 e. The molecular weight excluding hydrogens is 326 g/mol. The Morgan fingerprint density at radius 3 is 1.38 bits per heavy atom. The number of hydrogen-bond donors (Lipinski definition) is 3. The second kappa shape index (κ2) is 7.06. The summed E-state index contributed by atoms with van der Waals surface area (Å²) in [5.74, 6) is -0.699. The normalized spacial score (nSPS) is 28.2. The van der Waals surface area contributed by atoms with Crippen LogP contribution in [0.5, 0.6) is 0 Å². The van der Waals surface area contributed by atoms with Crippen molar-refractivity contribution in [3.63, 3.8) is 0 Å². The molecule has 26 heavy (non-hydrogen) atoms. The van der Waals surface area contributed by atoms with Crippen molar-refractivity contribution in [2.75, 3.05) is 6.54 Å². The van der Waals surface area contributed by atoms with Crippen molar-refractivity contribution in [3.8, 4) is 0 Å². The minimum absolute atomic E-state index is 0.0614. The highest BCUT2D eigenvalue weighted by molar-refractivity contribution is 5.66. The van der Waals surface area contributed by atoms with Crippen molar-refractivity contribution >= 4 is 5.97 Å². The molecular formula is C21H41N3O2. The Balaban J connectivity index is 2.29. The molecule has 0 saturated carbocycles. The maximum atomic E-state index is 11.3.